The fourth-order valence-electron chi connectivity index (χ4n) is 3.01. The number of nitrogens with zero attached hydrogens (tertiary/aromatic N) is 1. The van der Waals surface area contributed by atoms with E-state index in [1.165, 1.54) is 0 Å². The topological polar surface area (TPSA) is 46.6 Å². The van der Waals surface area contributed by atoms with E-state index in [-0.39, 0.29) is 18.0 Å². The second-order valence-electron chi connectivity index (χ2n) is 7.40. The lowest BCUT2D eigenvalue weighted by Crippen LogP contribution is -2.36. The highest BCUT2D eigenvalue weighted by Crippen LogP contribution is 2.39. The first-order valence-electron chi connectivity index (χ1n) is 10.1. The number of anilines is 1. The second-order valence-corrected chi connectivity index (χ2v) is 9.10. The van der Waals surface area contributed by atoms with Crippen molar-refractivity contribution < 1.29 is 26.3 Å². The average molecular weight is 456 g/mol. The number of hydrogen-bond donors (Lipinski definition) is 0. The van der Waals surface area contributed by atoms with Crippen molar-refractivity contribution in [2.75, 3.05) is 4.31 Å². The summed E-state index contributed by atoms with van der Waals surface area (Å²) in [6, 6.07) is 11.3. The monoisotopic (exact) mass is 455 g/mol. The van der Waals surface area contributed by atoms with Crippen molar-refractivity contribution in [3.8, 4) is 5.75 Å². The van der Waals surface area contributed by atoms with E-state index in [4.69, 9.17) is 4.74 Å². The van der Waals surface area contributed by atoms with Crippen LogP contribution < -0.4 is 9.04 Å². The van der Waals surface area contributed by atoms with Gasteiger partial charge in [-0.05, 0) is 44.0 Å². The molecule has 0 aliphatic heterocycles. The number of halogens is 3. The zero-order valence-corrected chi connectivity index (χ0v) is 18.7. The summed E-state index contributed by atoms with van der Waals surface area (Å²) in [6.45, 7) is 5.33. The summed E-state index contributed by atoms with van der Waals surface area (Å²) >= 11 is 0. The summed E-state index contributed by atoms with van der Waals surface area (Å²) < 4.78 is 72.7. The largest absolute Gasteiger partial charge is 0.487 e. The quantitative estimate of drug-likeness (QED) is 0.383. The number of allylic oxidation sites excluding steroid dienone is 1. The Kier molecular flexibility index (Phi) is 8.56. The summed E-state index contributed by atoms with van der Waals surface area (Å²) in [7, 11) is -3.92. The average Bonchev–Trinajstić information content (AvgIpc) is 2.70. The summed E-state index contributed by atoms with van der Waals surface area (Å²) in [6.07, 6.45) is -0.631. The molecule has 2 aromatic rings. The number of alkyl halides is 3. The van der Waals surface area contributed by atoms with E-state index in [0.717, 1.165) is 46.3 Å². The summed E-state index contributed by atoms with van der Waals surface area (Å²) in [4.78, 5) is 0. The van der Waals surface area contributed by atoms with Gasteiger partial charge in [-0.2, -0.15) is 13.2 Å². The SMILES string of the molecule is CCCCC=CS(=O)(=O)N(c1ccc(C(F)(F)F)cc1OCc1ccccc1)C(C)C. The van der Waals surface area contributed by atoms with Crippen LogP contribution >= 0.6 is 0 Å². The van der Waals surface area contributed by atoms with Gasteiger partial charge in [-0.25, -0.2) is 8.42 Å². The summed E-state index contributed by atoms with van der Waals surface area (Å²) in [5, 5.41) is 1.11. The Morgan fingerprint density at radius 3 is 2.35 bits per heavy atom. The minimum absolute atomic E-state index is 0.00741. The van der Waals surface area contributed by atoms with Crippen molar-refractivity contribution in [3.05, 3.63) is 71.1 Å². The van der Waals surface area contributed by atoms with Gasteiger partial charge in [0.1, 0.15) is 12.4 Å². The summed E-state index contributed by atoms with van der Waals surface area (Å²) in [5.74, 6) is -0.141. The summed E-state index contributed by atoms with van der Waals surface area (Å²) in [5.41, 5.74) is -0.0812. The van der Waals surface area contributed by atoms with Crippen LogP contribution in [0.2, 0.25) is 0 Å². The molecule has 0 heterocycles. The molecule has 0 unspecified atom stereocenters. The van der Waals surface area contributed by atoms with Gasteiger partial charge in [-0.3, -0.25) is 4.31 Å². The van der Waals surface area contributed by atoms with E-state index < -0.39 is 27.8 Å². The van der Waals surface area contributed by atoms with Crippen LogP contribution in [-0.4, -0.2) is 14.5 Å². The van der Waals surface area contributed by atoms with Crippen LogP contribution in [-0.2, 0) is 22.8 Å². The molecule has 0 fully saturated rings. The fourth-order valence-corrected chi connectivity index (χ4v) is 4.53. The minimum atomic E-state index is -4.58. The molecular weight excluding hydrogens is 427 g/mol. The number of ether oxygens (including phenoxy) is 1. The van der Waals surface area contributed by atoms with Crippen LogP contribution in [0.25, 0.3) is 0 Å². The van der Waals surface area contributed by atoms with Crippen LogP contribution in [0, 0.1) is 0 Å². The van der Waals surface area contributed by atoms with Crippen molar-refractivity contribution in [2.24, 2.45) is 0 Å². The van der Waals surface area contributed by atoms with Gasteiger partial charge in [0.2, 0.25) is 0 Å². The van der Waals surface area contributed by atoms with Crippen molar-refractivity contribution in [1.29, 1.82) is 0 Å². The maximum atomic E-state index is 13.3. The standard InChI is InChI=1S/C23H28F3NO3S/c1-4-5-6-10-15-31(28,29)27(18(2)3)21-14-13-20(23(24,25)26)16-22(21)30-17-19-11-8-7-9-12-19/h7-16,18H,4-6,17H2,1-3H3. The number of unbranched alkanes of at least 4 members (excludes halogenated alkanes) is 2. The third kappa shape index (κ3) is 7.02. The fraction of sp³-hybridized carbons (Fsp3) is 0.391. The number of sulfonamides is 1. The molecular formula is C23H28F3NO3S. The molecule has 0 saturated heterocycles. The van der Waals surface area contributed by atoms with Crippen LogP contribution in [0.5, 0.6) is 5.75 Å². The molecule has 0 atom stereocenters. The molecule has 0 radical (unpaired) electrons. The predicted molar refractivity (Wildman–Crippen MR) is 117 cm³/mol. The van der Waals surface area contributed by atoms with Gasteiger partial charge < -0.3 is 4.74 Å². The number of benzene rings is 2. The molecule has 0 bridgehead atoms. The third-order valence-corrected chi connectivity index (χ3v) is 6.20. The van der Waals surface area contributed by atoms with Gasteiger partial charge >= 0.3 is 6.18 Å². The smallest absolute Gasteiger partial charge is 0.416 e. The Balaban J connectivity index is 2.47. The Morgan fingerprint density at radius 1 is 1.10 bits per heavy atom. The molecule has 0 saturated carbocycles. The van der Waals surface area contributed by atoms with Crippen molar-refractivity contribution in [3.63, 3.8) is 0 Å². The zero-order chi connectivity index (χ0) is 23.1. The first-order valence-corrected chi connectivity index (χ1v) is 11.7. The van der Waals surface area contributed by atoms with Crippen molar-refractivity contribution in [2.45, 2.75) is 58.9 Å². The molecule has 0 amide bonds. The number of hydrogen-bond acceptors (Lipinski definition) is 3. The zero-order valence-electron chi connectivity index (χ0n) is 17.9. The van der Waals surface area contributed by atoms with Crippen LogP contribution in [0.1, 0.15) is 51.2 Å². The molecule has 4 nitrogen and oxygen atoms in total. The molecule has 0 aromatic heterocycles. The van der Waals surface area contributed by atoms with E-state index in [1.807, 2.05) is 13.0 Å². The van der Waals surface area contributed by atoms with Crippen molar-refractivity contribution >= 4 is 15.7 Å². The highest BCUT2D eigenvalue weighted by Gasteiger charge is 2.33. The van der Waals surface area contributed by atoms with Crippen LogP contribution in [0.3, 0.4) is 0 Å². The molecule has 8 heteroatoms. The van der Waals surface area contributed by atoms with Crippen LogP contribution in [0.4, 0.5) is 18.9 Å². The molecule has 31 heavy (non-hydrogen) atoms. The Bertz CT molecular complexity index is 971. The molecule has 2 aromatic carbocycles. The second kappa shape index (κ2) is 10.7. The lowest BCUT2D eigenvalue weighted by molar-refractivity contribution is -0.137. The van der Waals surface area contributed by atoms with E-state index in [2.05, 4.69) is 0 Å². The highest BCUT2D eigenvalue weighted by atomic mass is 32.2. The van der Waals surface area contributed by atoms with Gasteiger partial charge in [-0.15, -0.1) is 0 Å². The maximum Gasteiger partial charge on any atom is 0.416 e. The predicted octanol–water partition coefficient (Wildman–Crippen LogP) is 6.53. The Morgan fingerprint density at radius 2 is 1.77 bits per heavy atom. The number of rotatable bonds is 10. The molecule has 170 valence electrons. The van der Waals surface area contributed by atoms with Gasteiger partial charge in [0, 0.05) is 11.4 Å². The molecule has 0 aliphatic rings. The van der Waals surface area contributed by atoms with E-state index >= 15 is 0 Å². The molecule has 0 spiro atoms. The van der Waals surface area contributed by atoms with E-state index in [1.54, 1.807) is 44.2 Å². The first kappa shape index (κ1) is 24.8. The lowest BCUT2D eigenvalue weighted by Gasteiger charge is -2.29. The van der Waals surface area contributed by atoms with Gasteiger partial charge in [-0.1, -0.05) is 56.2 Å². The highest BCUT2D eigenvalue weighted by molar-refractivity contribution is 7.95. The van der Waals surface area contributed by atoms with E-state index in [9.17, 15) is 21.6 Å². The van der Waals surface area contributed by atoms with Crippen molar-refractivity contribution in [1.82, 2.24) is 0 Å². The minimum Gasteiger partial charge on any atom is -0.487 e. The molecule has 0 aliphatic carbocycles. The van der Waals surface area contributed by atoms with E-state index in [0.29, 0.717) is 6.42 Å². The Labute approximate surface area is 182 Å². The van der Waals surface area contributed by atoms with Gasteiger partial charge in [0.25, 0.3) is 10.0 Å². The van der Waals surface area contributed by atoms with Gasteiger partial charge in [0.05, 0.1) is 11.3 Å². The lowest BCUT2D eigenvalue weighted by atomic mass is 10.1. The third-order valence-electron chi connectivity index (χ3n) is 4.50. The Hall–Kier alpha value is -2.48. The van der Waals surface area contributed by atoms with Gasteiger partial charge in [0.15, 0.2) is 0 Å². The molecule has 2 rings (SSSR count). The van der Waals surface area contributed by atoms with Crippen LogP contribution in [0.15, 0.2) is 60.0 Å². The normalized spacial score (nSPS) is 12.5. The first-order chi connectivity index (χ1) is 14.6. The maximum absolute atomic E-state index is 13.3. The molecule has 0 N–H and O–H groups in total.